The number of nitrogens with zero attached hydrogens (tertiary/aromatic N) is 1. The first kappa shape index (κ1) is 14.0. The maximum absolute atomic E-state index is 12.2. The highest BCUT2D eigenvalue weighted by molar-refractivity contribution is 5.81. The van der Waals surface area contributed by atoms with Crippen LogP contribution in [0.2, 0.25) is 0 Å². The molecule has 3 atom stereocenters. The number of phenolic OH excluding ortho intramolecular Hbond substituents is 1. The normalized spacial score (nSPS) is 33.9. The first-order chi connectivity index (χ1) is 10.7. The van der Waals surface area contributed by atoms with Gasteiger partial charge in [-0.05, 0) is 48.9 Å². The molecule has 1 aromatic carbocycles. The Kier molecular flexibility index (Phi) is 3.15. The quantitative estimate of drug-likeness (QED) is 0.853. The smallest absolute Gasteiger partial charge is 0.133 e. The van der Waals surface area contributed by atoms with Gasteiger partial charge in [-0.3, -0.25) is 9.69 Å². The molecule has 3 nitrogen and oxygen atoms in total. The number of hydrogen-bond donors (Lipinski definition) is 1. The molecule has 0 unspecified atom stereocenters. The molecule has 1 saturated carbocycles. The summed E-state index contributed by atoms with van der Waals surface area (Å²) in [5, 5.41) is 10.4. The Morgan fingerprint density at radius 1 is 1.45 bits per heavy atom. The number of phenols is 1. The van der Waals surface area contributed by atoms with Gasteiger partial charge in [-0.2, -0.15) is 0 Å². The van der Waals surface area contributed by atoms with E-state index in [1.807, 2.05) is 12.1 Å². The van der Waals surface area contributed by atoms with E-state index in [0.717, 1.165) is 44.3 Å². The van der Waals surface area contributed by atoms with Crippen LogP contribution in [0.1, 0.15) is 36.8 Å². The molecule has 1 saturated heterocycles. The van der Waals surface area contributed by atoms with E-state index in [1.54, 1.807) is 6.07 Å². The number of rotatable bonds is 2. The Morgan fingerprint density at radius 3 is 3.14 bits per heavy atom. The van der Waals surface area contributed by atoms with Gasteiger partial charge in [-0.1, -0.05) is 18.2 Å². The van der Waals surface area contributed by atoms with Crippen LogP contribution in [0.3, 0.4) is 0 Å². The van der Waals surface area contributed by atoms with Gasteiger partial charge < -0.3 is 5.11 Å². The van der Waals surface area contributed by atoms with Crippen molar-refractivity contribution in [2.75, 3.05) is 13.1 Å². The fraction of sp³-hybridized carbons (Fsp3) is 0.526. The second kappa shape index (κ2) is 4.95. The van der Waals surface area contributed by atoms with Crippen molar-refractivity contribution in [2.45, 2.75) is 43.6 Å². The van der Waals surface area contributed by atoms with Crippen molar-refractivity contribution in [1.82, 2.24) is 4.90 Å². The molecule has 22 heavy (non-hydrogen) atoms. The fourth-order valence-corrected chi connectivity index (χ4v) is 5.32. The van der Waals surface area contributed by atoms with E-state index < -0.39 is 0 Å². The van der Waals surface area contributed by atoms with E-state index in [9.17, 15) is 9.90 Å². The van der Waals surface area contributed by atoms with Crippen LogP contribution in [0, 0.1) is 5.92 Å². The van der Waals surface area contributed by atoms with Crippen LogP contribution in [0.4, 0.5) is 0 Å². The highest BCUT2D eigenvalue weighted by atomic mass is 16.3. The van der Waals surface area contributed by atoms with Gasteiger partial charge in [0.1, 0.15) is 11.5 Å². The Balaban J connectivity index is 1.87. The zero-order chi connectivity index (χ0) is 15.3. The van der Waals surface area contributed by atoms with Crippen LogP contribution in [0.15, 0.2) is 30.9 Å². The standard InChI is InChI=1S/C19H23NO2/c1-2-9-20-10-8-19-12-13(21)6-7-16(19)17(20)11-14-15(19)4-3-5-18(14)22/h2-5,16-17,22H,1,6-12H2/t16-,17+,19+/m0/s1. The molecule has 2 aliphatic carbocycles. The van der Waals surface area contributed by atoms with Crippen LogP contribution >= 0.6 is 0 Å². The molecule has 1 heterocycles. The summed E-state index contributed by atoms with van der Waals surface area (Å²) in [4.78, 5) is 14.7. The molecule has 116 valence electrons. The monoisotopic (exact) mass is 297 g/mol. The Morgan fingerprint density at radius 2 is 2.32 bits per heavy atom. The number of carbonyl (C=O) groups excluding carboxylic acids is 1. The number of ketones is 1. The molecule has 1 N–H and O–H groups in total. The Hall–Kier alpha value is -1.61. The van der Waals surface area contributed by atoms with E-state index >= 15 is 0 Å². The first-order valence-corrected chi connectivity index (χ1v) is 8.34. The molecular formula is C19H23NO2. The molecule has 3 heteroatoms. The second-order valence-corrected chi connectivity index (χ2v) is 7.13. The van der Waals surface area contributed by atoms with Crippen LogP contribution in [-0.2, 0) is 16.6 Å². The van der Waals surface area contributed by atoms with Crippen LogP contribution in [0.5, 0.6) is 5.75 Å². The predicted molar refractivity (Wildman–Crippen MR) is 86.0 cm³/mol. The number of likely N-dealkylation sites (tertiary alicyclic amines) is 1. The van der Waals surface area contributed by atoms with Crippen LogP contribution in [-0.4, -0.2) is 34.9 Å². The van der Waals surface area contributed by atoms with Crippen molar-refractivity contribution in [3.05, 3.63) is 42.0 Å². The van der Waals surface area contributed by atoms with E-state index in [0.29, 0.717) is 29.9 Å². The van der Waals surface area contributed by atoms with Crippen molar-refractivity contribution in [3.8, 4) is 5.75 Å². The number of aromatic hydroxyl groups is 1. The average Bonchev–Trinajstić information content (AvgIpc) is 2.50. The summed E-state index contributed by atoms with van der Waals surface area (Å²) in [6, 6.07) is 6.31. The minimum atomic E-state index is -0.0377. The summed E-state index contributed by atoms with van der Waals surface area (Å²) < 4.78 is 0. The number of Topliss-reactive ketones (excluding diaryl/α,β-unsaturated/α-hetero) is 1. The molecule has 1 aromatic rings. The maximum Gasteiger partial charge on any atom is 0.133 e. The lowest BCUT2D eigenvalue weighted by atomic mass is 9.52. The van der Waals surface area contributed by atoms with Gasteiger partial charge in [-0.15, -0.1) is 6.58 Å². The fourth-order valence-electron chi connectivity index (χ4n) is 5.32. The third-order valence-corrected chi connectivity index (χ3v) is 6.20. The minimum Gasteiger partial charge on any atom is -0.508 e. The van der Waals surface area contributed by atoms with Gasteiger partial charge >= 0.3 is 0 Å². The van der Waals surface area contributed by atoms with Crippen molar-refractivity contribution in [1.29, 1.82) is 0 Å². The minimum absolute atomic E-state index is 0.0377. The third-order valence-electron chi connectivity index (χ3n) is 6.20. The lowest BCUT2D eigenvalue weighted by molar-refractivity contribution is -0.127. The third kappa shape index (κ3) is 1.81. The summed E-state index contributed by atoms with van der Waals surface area (Å²) >= 11 is 0. The van der Waals surface area contributed by atoms with Gasteiger partial charge in [-0.25, -0.2) is 0 Å². The highest BCUT2D eigenvalue weighted by Crippen LogP contribution is 2.56. The topological polar surface area (TPSA) is 40.5 Å². The van der Waals surface area contributed by atoms with Gasteiger partial charge in [0, 0.05) is 30.8 Å². The summed E-state index contributed by atoms with van der Waals surface area (Å²) in [5.41, 5.74) is 2.29. The SMILES string of the molecule is C=CCN1CC[C@]23CC(=O)CC[C@H]2[C@H]1Cc1c(O)cccc13. The lowest BCUT2D eigenvalue weighted by Crippen LogP contribution is -2.61. The summed E-state index contributed by atoms with van der Waals surface area (Å²) in [5.74, 6) is 1.33. The Bertz CT molecular complexity index is 638. The Labute approximate surface area is 131 Å². The van der Waals surface area contributed by atoms with Gasteiger partial charge in [0.05, 0.1) is 0 Å². The average molecular weight is 297 g/mol. The van der Waals surface area contributed by atoms with Gasteiger partial charge in [0.15, 0.2) is 0 Å². The molecule has 0 aromatic heterocycles. The first-order valence-electron chi connectivity index (χ1n) is 8.34. The van der Waals surface area contributed by atoms with E-state index in [1.165, 1.54) is 5.56 Å². The zero-order valence-electron chi connectivity index (χ0n) is 12.9. The van der Waals surface area contributed by atoms with Crippen molar-refractivity contribution < 1.29 is 9.90 Å². The van der Waals surface area contributed by atoms with E-state index in [-0.39, 0.29) is 5.41 Å². The number of carbonyl (C=O) groups is 1. The van der Waals surface area contributed by atoms with Crippen molar-refractivity contribution in [2.24, 2.45) is 5.92 Å². The molecule has 0 spiro atoms. The molecule has 1 aliphatic heterocycles. The van der Waals surface area contributed by atoms with Crippen molar-refractivity contribution in [3.63, 3.8) is 0 Å². The van der Waals surface area contributed by atoms with E-state index in [2.05, 4.69) is 17.5 Å². The van der Waals surface area contributed by atoms with Crippen molar-refractivity contribution >= 4 is 5.78 Å². The second-order valence-electron chi connectivity index (χ2n) is 7.13. The lowest BCUT2D eigenvalue weighted by Gasteiger charge is -2.58. The van der Waals surface area contributed by atoms with Gasteiger partial charge in [0.2, 0.25) is 0 Å². The molecule has 4 rings (SSSR count). The number of fused-ring (bicyclic) bond motifs is 1. The van der Waals surface area contributed by atoms with Gasteiger partial charge in [0.25, 0.3) is 0 Å². The largest absolute Gasteiger partial charge is 0.508 e. The maximum atomic E-state index is 12.2. The zero-order valence-corrected chi connectivity index (χ0v) is 12.9. The summed E-state index contributed by atoms with van der Waals surface area (Å²) in [6.45, 7) is 5.81. The molecule has 2 fully saturated rings. The predicted octanol–water partition coefficient (Wildman–Crippen LogP) is 2.82. The van der Waals surface area contributed by atoms with E-state index in [4.69, 9.17) is 0 Å². The number of piperidine rings is 1. The van der Waals surface area contributed by atoms with Crippen LogP contribution in [0.25, 0.3) is 0 Å². The molecule has 0 amide bonds. The summed E-state index contributed by atoms with van der Waals surface area (Å²) in [7, 11) is 0. The number of hydrogen-bond acceptors (Lipinski definition) is 3. The number of benzene rings is 1. The summed E-state index contributed by atoms with van der Waals surface area (Å²) in [6.07, 6.45) is 6.26. The molecule has 2 bridgehead atoms. The van der Waals surface area contributed by atoms with Crippen LogP contribution < -0.4 is 0 Å². The molecule has 0 radical (unpaired) electrons. The highest BCUT2D eigenvalue weighted by Gasteiger charge is 2.55. The molecule has 3 aliphatic rings. The molecular weight excluding hydrogens is 274 g/mol.